The maximum absolute atomic E-state index is 12.8. The maximum atomic E-state index is 12.8. The van der Waals surface area contributed by atoms with Gasteiger partial charge in [-0.3, -0.25) is 25.2 Å². The number of hydrogen-bond donors (Lipinski definition) is 3. The van der Waals surface area contributed by atoms with E-state index in [1.807, 2.05) is 0 Å². The van der Waals surface area contributed by atoms with Crippen molar-refractivity contribution < 1.29 is 32.3 Å². The first-order chi connectivity index (χ1) is 16.1. The van der Waals surface area contributed by atoms with Gasteiger partial charge in [0, 0.05) is 21.8 Å². The van der Waals surface area contributed by atoms with E-state index in [4.69, 9.17) is 16.3 Å². The molecule has 0 radical (unpaired) electrons. The minimum atomic E-state index is -4.61. The summed E-state index contributed by atoms with van der Waals surface area (Å²) in [6.45, 7) is 0. The summed E-state index contributed by atoms with van der Waals surface area (Å²) in [7, 11) is 1.40. The van der Waals surface area contributed by atoms with Crippen LogP contribution in [0.4, 0.5) is 18.9 Å². The lowest BCUT2D eigenvalue weighted by Gasteiger charge is -2.12. The quantitative estimate of drug-likeness (QED) is 0.451. The fourth-order valence-electron chi connectivity index (χ4n) is 2.89. The highest BCUT2D eigenvalue weighted by Gasteiger charge is 2.31. The highest BCUT2D eigenvalue weighted by Crippen LogP contribution is 2.29. The van der Waals surface area contributed by atoms with Crippen molar-refractivity contribution in [1.82, 2.24) is 10.9 Å². The number of anilines is 1. The van der Waals surface area contributed by atoms with Crippen LogP contribution in [0.1, 0.15) is 36.6 Å². The maximum Gasteiger partial charge on any atom is 0.416 e. The molecule has 0 atom stereocenters. The molecule has 3 amide bonds. The number of methoxy groups -OCH3 is 1. The zero-order valence-corrected chi connectivity index (χ0v) is 18.3. The largest absolute Gasteiger partial charge is 0.496 e. The molecule has 0 saturated heterocycles. The number of carbonyl (C=O) groups is 3. The first kappa shape index (κ1) is 24.6. The molecule has 11 heteroatoms. The summed E-state index contributed by atoms with van der Waals surface area (Å²) in [5, 5.41) is 2.94. The van der Waals surface area contributed by atoms with E-state index in [9.17, 15) is 27.6 Å². The Morgan fingerprint density at radius 2 is 1.44 bits per heavy atom. The molecule has 3 aromatic rings. The van der Waals surface area contributed by atoms with Crippen molar-refractivity contribution in [3.8, 4) is 5.75 Å². The van der Waals surface area contributed by atoms with E-state index in [0.717, 1.165) is 12.1 Å². The predicted octanol–water partition coefficient (Wildman–Crippen LogP) is 4.69. The third kappa shape index (κ3) is 6.04. The van der Waals surface area contributed by atoms with Crippen LogP contribution < -0.4 is 20.9 Å². The van der Waals surface area contributed by atoms with Crippen LogP contribution in [-0.4, -0.2) is 24.8 Å². The molecule has 0 unspecified atom stereocenters. The zero-order chi connectivity index (χ0) is 24.9. The molecule has 0 aliphatic rings. The number of hydrazine groups is 1. The third-order valence-corrected chi connectivity index (χ3v) is 4.77. The van der Waals surface area contributed by atoms with Gasteiger partial charge in [-0.15, -0.1) is 0 Å². The van der Waals surface area contributed by atoms with Crippen LogP contribution in [0.5, 0.6) is 5.75 Å². The van der Waals surface area contributed by atoms with Gasteiger partial charge in [0.15, 0.2) is 0 Å². The van der Waals surface area contributed by atoms with Crippen molar-refractivity contribution in [2.24, 2.45) is 0 Å². The second-order valence-corrected chi connectivity index (χ2v) is 7.30. The molecule has 0 aromatic heterocycles. The van der Waals surface area contributed by atoms with Gasteiger partial charge in [-0.1, -0.05) is 23.7 Å². The summed E-state index contributed by atoms with van der Waals surface area (Å²) in [6, 6.07) is 14.1. The Labute approximate surface area is 196 Å². The fraction of sp³-hybridized carbons (Fsp3) is 0.0870. The van der Waals surface area contributed by atoms with Crippen LogP contribution in [0.2, 0.25) is 5.02 Å². The SMILES string of the molecule is COc1ccc(Cl)cc1C(=O)Nc1cccc(C(=O)NNC(=O)c2cccc(C(F)(F)F)c2)c1. The Kier molecular flexibility index (Phi) is 7.42. The molecule has 3 rings (SSSR count). The van der Waals surface area contributed by atoms with Gasteiger partial charge < -0.3 is 10.1 Å². The molecule has 176 valence electrons. The normalized spacial score (nSPS) is 10.9. The molecule has 0 saturated carbocycles. The monoisotopic (exact) mass is 491 g/mol. The number of carbonyl (C=O) groups excluding carboxylic acids is 3. The Morgan fingerprint density at radius 3 is 2.06 bits per heavy atom. The zero-order valence-electron chi connectivity index (χ0n) is 17.5. The molecule has 3 N–H and O–H groups in total. The minimum absolute atomic E-state index is 0.0696. The minimum Gasteiger partial charge on any atom is -0.496 e. The Balaban J connectivity index is 1.67. The number of nitrogens with one attached hydrogen (secondary N) is 3. The van der Waals surface area contributed by atoms with E-state index in [1.165, 1.54) is 49.6 Å². The van der Waals surface area contributed by atoms with E-state index in [-0.39, 0.29) is 22.4 Å². The summed E-state index contributed by atoms with van der Waals surface area (Å²) in [6.07, 6.45) is -4.61. The first-order valence-electron chi connectivity index (χ1n) is 9.61. The van der Waals surface area contributed by atoms with Gasteiger partial charge in [-0.2, -0.15) is 13.2 Å². The van der Waals surface area contributed by atoms with Gasteiger partial charge in [0.2, 0.25) is 0 Å². The van der Waals surface area contributed by atoms with Crippen LogP contribution in [0.15, 0.2) is 66.7 Å². The highest BCUT2D eigenvalue weighted by atomic mass is 35.5. The molecule has 0 fully saturated rings. The number of ether oxygens (including phenoxy) is 1. The van der Waals surface area contributed by atoms with Crippen LogP contribution in [0.3, 0.4) is 0 Å². The van der Waals surface area contributed by atoms with Gasteiger partial charge in [0.1, 0.15) is 5.75 Å². The lowest BCUT2D eigenvalue weighted by atomic mass is 10.1. The summed E-state index contributed by atoms with van der Waals surface area (Å²) in [4.78, 5) is 37.2. The second-order valence-electron chi connectivity index (χ2n) is 6.87. The van der Waals surface area contributed by atoms with Crippen molar-refractivity contribution in [2.45, 2.75) is 6.18 Å². The summed E-state index contributed by atoms with van der Waals surface area (Å²) in [5.74, 6) is -1.92. The van der Waals surface area contributed by atoms with E-state index in [2.05, 4.69) is 16.2 Å². The summed E-state index contributed by atoms with van der Waals surface area (Å²) < 4.78 is 43.6. The Hall–Kier alpha value is -4.05. The van der Waals surface area contributed by atoms with Crippen molar-refractivity contribution >= 4 is 35.0 Å². The van der Waals surface area contributed by atoms with Gasteiger partial charge in [-0.05, 0) is 54.6 Å². The van der Waals surface area contributed by atoms with Gasteiger partial charge in [-0.25, -0.2) is 0 Å². The predicted molar refractivity (Wildman–Crippen MR) is 119 cm³/mol. The Bertz CT molecular complexity index is 1250. The molecule has 0 spiro atoms. The van der Waals surface area contributed by atoms with Crippen LogP contribution in [0, 0.1) is 0 Å². The highest BCUT2D eigenvalue weighted by molar-refractivity contribution is 6.31. The number of benzene rings is 3. The van der Waals surface area contributed by atoms with Crippen molar-refractivity contribution in [2.75, 3.05) is 12.4 Å². The second kappa shape index (κ2) is 10.3. The van der Waals surface area contributed by atoms with Crippen LogP contribution >= 0.6 is 11.6 Å². The summed E-state index contributed by atoms with van der Waals surface area (Å²) in [5.41, 5.74) is 3.42. The number of hydrogen-bond acceptors (Lipinski definition) is 4. The van der Waals surface area contributed by atoms with Gasteiger partial charge in [0.05, 0.1) is 18.2 Å². The molecular weight excluding hydrogens is 475 g/mol. The first-order valence-corrected chi connectivity index (χ1v) is 9.99. The average molecular weight is 492 g/mol. The van der Waals surface area contributed by atoms with Gasteiger partial charge in [0.25, 0.3) is 17.7 Å². The molecule has 0 heterocycles. The van der Waals surface area contributed by atoms with Crippen molar-refractivity contribution in [3.63, 3.8) is 0 Å². The van der Waals surface area contributed by atoms with E-state index < -0.39 is 29.5 Å². The number of alkyl halides is 3. The van der Waals surface area contributed by atoms with E-state index in [1.54, 1.807) is 6.07 Å². The number of amides is 3. The molecule has 0 aliphatic heterocycles. The smallest absolute Gasteiger partial charge is 0.416 e. The van der Waals surface area contributed by atoms with Crippen molar-refractivity contribution in [1.29, 1.82) is 0 Å². The Morgan fingerprint density at radius 1 is 0.824 bits per heavy atom. The number of halogens is 4. The lowest BCUT2D eigenvalue weighted by molar-refractivity contribution is -0.137. The third-order valence-electron chi connectivity index (χ3n) is 4.53. The lowest BCUT2D eigenvalue weighted by Crippen LogP contribution is -2.41. The molecule has 0 bridgehead atoms. The molecule has 0 aliphatic carbocycles. The van der Waals surface area contributed by atoms with Crippen LogP contribution in [0.25, 0.3) is 0 Å². The molecule has 7 nitrogen and oxygen atoms in total. The molecular formula is C23H17ClF3N3O4. The van der Waals surface area contributed by atoms with Crippen LogP contribution in [-0.2, 0) is 6.18 Å². The standard InChI is InChI=1S/C23H17ClF3N3O4/c1-34-19-9-8-16(24)12-18(19)22(33)28-17-7-3-5-14(11-17)21(32)30-29-20(31)13-4-2-6-15(10-13)23(25,26)27/h2-12H,1H3,(H,28,33)(H,29,31)(H,30,32). The average Bonchev–Trinajstić information content (AvgIpc) is 2.82. The topological polar surface area (TPSA) is 96.5 Å². The fourth-order valence-corrected chi connectivity index (χ4v) is 3.06. The summed E-state index contributed by atoms with van der Waals surface area (Å²) >= 11 is 5.94. The van der Waals surface area contributed by atoms with E-state index >= 15 is 0 Å². The molecule has 34 heavy (non-hydrogen) atoms. The molecule has 3 aromatic carbocycles. The van der Waals surface area contributed by atoms with E-state index in [0.29, 0.717) is 16.8 Å². The van der Waals surface area contributed by atoms with Crippen molar-refractivity contribution in [3.05, 3.63) is 94.0 Å². The number of rotatable bonds is 5. The van der Waals surface area contributed by atoms with Gasteiger partial charge >= 0.3 is 6.18 Å².